The van der Waals surface area contributed by atoms with Gasteiger partial charge in [-0.15, -0.1) is 0 Å². The smallest absolute Gasteiger partial charge is 0.252 e. The molecule has 3 N–H and O–H groups in total. The second-order valence-corrected chi connectivity index (χ2v) is 5.63. The molecule has 4 heteroatoms. The van der Waals surface area contributed by atoms with E-state index >= 15 is 0 Å². The van der Waals surface area contributed by atoms with Crippen LogP contribution in [0.5, 0.6) is 0 Å². The predicted molar refractivity (Wildman–Crippen MR) is 85.1 cm³/mol. The van der Waals surface area contributed by atoms with Crippen LogP contribution in [0, 0.1) is 18.8 Å². The van der Waals surface area contributed by atoms with E-state index in [4.69, 9.17) is 5.73 Å². The third-order valence-corrected chi connectivity index (χ3v) is 3.70. The lowest BCUT2D eigenvalue weighted by Gasteiger charge is -2.30. The topological polar surface area (TPSA) is 58.4 Å². The Morgan fingerprint density at radius 2 is 2.33 bits per heavy atom. The first kappa shape index (κ1) is 15.6. The number of benzene rings is 1. The molecule has 0 bridgehead atoms. The number of hydrogen-bond donors (Lipinski definition) is 2. The van der Waals surface area contributed by atoms with E-state index in [1.165, 1.54) is 0 Å². The molecule has 112 valence electrons. The fraction of sp³-hybridized carbons (Fsp3) is 0.471. The molecular formula is C17H23N3O. The average Bonchev–Trinajstić information content (AvgIpc) is 2.45. The molecule has 21 heavy (non-hydrogen) atoms. The highest BCUT2D eigenvalue weighted by Gasteiger charge is 2.20. The summed E-state index contributed by atoms with van der Waals surface area (Å²) in [5.74, 6) is 5.78. The number of likely N-dealkylation sites (tertiary alicyclic amines) is 1. The Hall–Kier alpha value is -1.83. The summed E-state index contributed by atoms with van der Waals surface area (Å²) in [5, 5.41) is 3.12. The summed E-state index contributed by atoms with van der Waals surface area (Å²) in [6, 6.07) is 5.94. The van der Waals surface area contributed by atoms with Crippen LogP contribution in [0.15, 0.2) is 18.2 Å². The molecule has 1 saturated heterocycles. The van der Waals surface area contributed by atoms with Crippen LogP contribution in [0.2, 0.25) is 0 Å². The SMILES string of the molecule is Cc1ccc(C(=O)NC2CCCN(C)C2)c(C#CCN)c1. The highest BCUT2D eigenvalue weighted by molar-refractivity contribution is 5.97. The minimum atomic E-state index is -0.0448. The van der Waals surface area contributed by atoms with Crippen LogP contribution >= 0.6 is 0 Å². The van der Waals surface area contributed by atoms with Crippen molar-refractivity contribution in [1.82, 2.24) is 10.2 Å². The Bertz CT molecular complexity index is 571. The lowest BCUT2D eigenvalue weighted by atomic mass is 10.0. The third-order valence-electron chi connectivity index (χ3n) is 3.70. The third kappa shape index (κ3) is 4.32. The van der Waals surface area contributed by atoms with Gasteiger partial charge in [0.2, 0.25) is 0 Å². The van der Waals surface area contributed by atoms with E-state index in [1.54, 1.807) is 0 Å². The maximum absolute atomic E-state index is 12.5. The van der Waals surface area contributed by atoms with Gasteiger partial charge in [0.05, 0.1) is 12.1 Å². The number of nitrogens with zero attached hydrogens (tertiary/aromatic N) is 1. The van der Waals surface area contributed by atoms with E-state index in [9.17, 15) is 4.79 Å². The Balaban J connectivity index is 2.14. The summed E-state index contributed by atoms with van der Waals surface area (Å²) < 4.78 is 0. The molecule has 4 nitrogen and oxygen atoms in total. The number of likely N-dealkylation sites (N-methyl/N-ethyl adjacent to an activating group) is 1. The van der Waals surface area contributed by atoms with Crippen LogP contribution in [0.4, 0.5) is 0 Å². The molecule has 1 aromatic rings. The van der Waals surface area contributed by atoms with Crippen LogP contribution in [0.25, 0.3) is 0 Å². The van der Waals surface area contributed by atoms with Gasteiger partial charge in [-0.1, -0.05) is 17.9 Å². The lowest BCUT2D eigenvalue weighted by Crippen LogP contribution is -2.46. The molecule has 0 saturated carbocycles. The molecule has 1 aliphatic rings. The standard InChI is InChI=1S/C17H23N3O/c1-13-7-8-16(14(11-13)5-3-9-18)17(21)19-15-6-4-10-20(2)12-15/h7-8,11,15H,4,6,9-10,12,18H2,1-2H3,(H,19,21). The van der Waals surface area contributed by atoms with Crippen molar-refractivity contribution >= 4 is 5.91 Å². The van der Waals surface area contributed by atoms with E-state index in [0.29, 0.717) is 12.1 Å². The molecule has 1 aromatic carbocycles. The van der Waals surface area contributed by atoms with Gasteiger partial charge in [-0.2, -0.15) is 0 Å². The number of amides is 1. The van der Waals surface area contributed by atoms with Crippen LogP contribution in [0.1, 0.15) is 34.3 Å². The fourth-order valence-electron chi connectivity index (χ4n) is 2.65. The Kier molecular flexibility index (Phi) is 5.38. The van der Waals surface area contributed by atoms with E-state index in [0.717, 1.165) is 37.1 Å². The summed E-state index contributed by atoms with van der Waals surface area (Å²) in [4.78, 5) is 14.7. The Morgan fingerprint density at radius 1 is 1.52 bits per heavy atom. The first-order chi connectivity index (χ1) is 10.1. The van der Waals surface area contributed by atoms with Crippen molar-refractivity contribution in [2.75, 3.05) is 26.7 Å². The predicted octanol–water partition coefficient (Wildman–Crippen LogP) is 1.13. The van der Waals surface area contributed by atoms with Crippen molar-refractivity contribution in [3.05, 3.63) is 34.9 Å². The van der Waals surface area contributed by atoms with Gasteiger partial charge in [0.15, 0.2) is 0 Å². The van der Waals surface area contributed by atoms with E-state index < -0.39 is 0 Å². The van der Waals surface area contributed by atoms with Gasteiger partial charge in [0, 0.05) is 18.2 Å². The highest BCUT2D eigenvalue weighted by Crippen LogP contribution is 2.13. The van der Waals surface area contributed by atoms with Crippen LogP contribution < -0.4 is 11.1 Å². The molecule has 1 heterocycles. The molecule has 2 rings (SSSR count). The van der Waals surface area contributed by atoms with Crippen molar-refractivity contribution in [3.8, 4) is 11.8 Å². The molecule has 1 aliphatic heterocycles. The zero-order valence-corrected chi connectivity index (χ0v) is 12.8. The molecular weight excluding hydrogens is 262 g/mol. The zero-order chi connectivity index (χ0) is 15.2. The van der Waals surface area contributed by atoms with Crippen LogP contribution in [0.3, 0.4) is 0 Å². The normalized spacial score (nSPS) is 18.7. The molecule has 0 radical (unpaired) electrons. The van der Waals surface area contributed by atoms with Gasteiger partial charge in [-0.3, -0.25) is 4.79 Å². The number of nitrogens with one attached hydrogen (secondary N) is 1. The minimum Gasteiger partial charge on any atom is -0.348 e. The fourth-order valence-corrected chi connectivity index (χ4v) is 2.65. The molecule has 1 unspecified atom stereocenters. The van der Waals surface area contributed by atoms with Crippen molar-refractivity contribution in [2.45, 2.75) is 25.8 Å². The van der Waals surface area contributed by atoms with Gasteiger partial charge in [0.1, 0.15) is 0 Å². The molecule has 0 spiro atoms. The zero-order valence-electron chi connectivity index (χ0n) is 12.8. The maximum Gasteiger partial charge on any atom is 0.252 e. The molecule has 0 aromatic heterocycles. The van der Waals surface area contributed by atoms with Gasteiger partial charge in [-0.05, 0) is 51.1 Å². The van der Waals surface area contributed by atoms with E-state index in [1.807, 2.05) is 25.1 Å². The quantitative estimate of drug-likeness (QED) is 0.801. The number of piperidine rings is 1. The number of carbonyl (C=O) groups is 1. The number of carbonyl (C=O) groups excluding carboxylic acids is 1. The lowest BCUT2D eigenvalue weighted by molar-refractivity contribution is 0.0912. The van der Waals surface area contributed by atoms with Crippen LogP contribution in [-0.4, -0.2) is 43.5 Å². The number of rotatable bonds is 2. The van der Waals surface area contributed by atoms with Gasteiger partial charge in [0.25, 0.3) is 5.91 Å². The van der Waals surface area contributed by atoms with Crippen molar-refractivity contribution in [2.24, 2.45) is 5.73 Å². The number of nitrogens with two attached hydrogens (primary N) is 1. The van der Waals surface area contributed by atoms with E-state index in [2.05, 4.69) is 29.1 Å². The van der Waals surface area contributed by atoms with Crippen LogP contribution in [-0.2, 0) is 0 Å². The van der Waals surface area contributed by atoms with Gasteiger partial charge in [-0.25, -0.2) is 0 Å². The van der Waals surface area contributed by atoms with Crippen molar-refractivity contribution in [3.63, 3.8) is 0 Å². The van der Waals surface area contributed by atoms with E-state index in [-0.39, 0.29) is 11.9 Å². The monoisotopic (exact) mass is 285 g/mol. The summed E-state index contributed by atoms with van der Waals surface area (Å²) in [6.45, 7) is 4.29. The first-order valence-corrected chi connectivity index (χ1v) is 7.39. The highest BCUT2D eigenvalue weighted by atomic mass is 16.1. The number of aryl methyl sites for hydroxylation is 1. The molecule has 1 fully saturated rings. The number of hydrogen-bond acceptors (Lipinski definition) is 3. The summed E-state index contributed by atoms with van der Waals surface area (Å²) in [5.41, 5.74) is 7.90. The van der Waals surface area contributed by atoms with Gasteiger partial charge >= 0.3 is 0 Å². The van der Waals surface area contributed by atoms with Gasteiger partial charge < -0.3 is 16.0 Å². The molecule has 1 amide bonds. The Morgan fingerprint density at radius 3 is 3.05 bits per heavy atom. The largest absolute Gasteiger partial charge is 0.348 e. The second kappa shape index (κ2) is 7.26. The molecule has 0 aliphatic carbocycles. The average molecular weight is 285 g/mol. The summed E-state index contributed by atoms with van der Waals surface area (Å²) in [7, 11) is 2.09. The van der Waals surface area contributed by atoms with Crippen molar-refractivity contribution in [1.29, 1.82) is 0 Å². The summed E-state index contributed by atoms with van der Waals surface area (Å²) >= 11 is 0. The molecule has 1 atom stereocenters. The second-order valence-electron chi connectivity index (χ2n) is 5.63. The maximum atomic E-state index is 12.5. The van der Waals surface area contributed by atoms with Crippen molar-refractivity contribution < 1.29 is 4.79 Å². The Labute approximate surface area is 126 Å². The minimum absolute atomic E-state index is 0.0448. The first-order valence-electron chi connectivity index (χ1n) is 7.39. The summed E-state index contributed by atoms with van der Waals surface area (Å²) in [6.07, 6.45) is 2.15.